The highest BCUT2D eigenvalue weighted by Gasteiger charge is 2.29. The summed E-state index contributed by atoms with van der Waals surface area (Å²) >= 11 is 5.89. The van der Waals surface area contributed by atoms with E-state index in [-0.39, 0.29) is 30.7 Å². The molecule has 0 saturated carbocycles. The molecule has 2 atom stereocenters. The standard InChI is InChI=1S/C21H26ClFN2O4S/c1-16(17-5-7-18(22)8-6-17)29-15-20(26)14-24-9-11-25(12-10-24)30(27,28)21-4-2-3-19(23)13-21/h2-8,13,16,20,26H,9-12,14-15H2,1H3/t16-,20+/m0/s1. The molecule has 1 N–H and O–H groups in total. The van der Waals surface area contributed by atoms with Gasteiger partial charge in [-0.25, -0.2) is 12.8 Å². The second kappa shape index (κ2) is 10.2. The third kappa shape index (κ3) is 6.00. The Morgan fingerprint density at radius 3 is 2.43 bits per heavy atom. The van der Waals surface area contributed by atoms with Gasteiger partial charge < -0.3 is 9.84 Å². The SMILES string of the molecule is C[C@H](OC[C@H](O)CN1CCN(S(=O)(=O)c2cccc(F)c2)CC1)c1ccc(Cl)cc1. The normalized spacial score (nSPS) is 18.3. The van der Waals surface area contributed by atoms with Crippen LogP contribution < -0.4 is 0 Å². The van der Waals surface area contributed by atoms with Crippen molar-refractivity contribution in [1.82, 2.24) is 9.21 Å². The first-order chi connectivity index (χ1) is 14.3. The molecule has 0 spiro atoms. The minimum Gasteiger partial charge on any atom is -0.389 e. The Morgan fingerprint density at radius 2 is 1.80 bits per heavy atom. The van der Waals surface area contributed by atoms with Crippen molar-refractivity contribution in [3.63, 3.8) is 0 Å². The molecule has 0 aliphatic carbocycles. The summed E-state index contributed by atoms with van der Waals surface area (Å²) in [6.45, 7) is 4.01. The van der Waals surface area contributed by atoms with Gasteiger partial charge in [-0.3, -0.25) is 4.90 Å². The Morgan fingerprint density at radius 1 is 1.13 bits per heavy atom. The fourth-order valence-corrected chi connectivity index (χ4v) is 4.95. The summed E-state index contributed by atoms with van der Waals surface area (Å²) in [6.07, 6.45) is -0.865. The molecule has 164 valence electrons. The van der Waals surface area contributed by atoms with Crippen LogP contribution in [0, 0.1) is 5.82 Å². The van der Waals surface area contributed by atoms with Crippen LogP contribution in [-0.4, -0.2) is 68.2 Å². The van der Waals surface area contributed by atoms with Gasteiger partial charge in [0.05, 0.1) is 23.7 Å². The van der Waals surface area contributed by atoms with Gasteiger partial charge in [-0.05, 0) is 42.8 Å². The first-order valence-electron chi connectivity index (χ1n) is 9.79. The molecular weight excluding hydrogens is 431 g/mol. The summed E-state index contributed by atoms with van der Waals surface area (Å²) in [7, 11) is -3.72. The largest absolute Gasteiger partial charge is 0.389 e. The first kappa shape index (κ1) is 23.1. The van der Waals surface area contributed by atoms with Gasteiger partial charge in [0, 0.05) is 37.7 Å². The van der Waals surface area contributed by atoms with Gasteiger partial charge >= 0.3 is 0 Å². The van der Waals surface area contributed by atoms with Crippen LogP contribution in [0.5, 0.6) is 0 Å². The number of piperazine rings is 1. The van der Waals surface area contributed by atoms with E-state index < -0.39 is 21.9 Å². The van der Waals surface area contributed by atoms with Crippen LogP contribution in [0.15, 0.2) is 53.4 Å². The minimum absolute atomic E-state index is 0.0411. The lowest BCUT2D eigenvalue weighted by Crippen LogP contribution is -2.50. The van der Waals surface area contributed by atoms with E-state index in [0.29, 0.717) is 24.7 Å². The highest BCUT2D eigenvalue weighted by molar-refractivity contribution is 7.89. The van der Waals surface area contributed by atoms with Gasteiger partial charge in [0.25, 0.3) is 0 Å². The molecular formula is C21H26ClFN2O4S. The maximum absolute atomic E-state index is 13.4. The van der Waals surface area contributed by atoms with Crippen LogP contribution in [0.25, 0.3) is 0 Å². The van der Waals surface area contributed by atoms with E-state index in [0.717, 1.165) is 11.6 Å². The highest BCUT2D eigenvalue weighted by Crippen LogP contribution is 2.20. The molecule has 1 aliphatic rings. The van der Waals surface area contributed by atoms with Gasteiger partial charge in [-0.2, -0.15) is 4.31 Å². The number of hydrogen-bond donors (Lipinski definition) is 1. The molecule has 1 aliphatic heterocycles. The van der Waals surface area contributed by atoms with E-state index in [2.05, 4.69) is 0 Å². The zero-order chi connectivity index (χ0) is 21.7. The summed E-state index contributed by atoms with van der Waals surface area (Å²) in [5.74, 6) is -0.578. The predicted molar refractivity (Wildman–Crippen MR) is 113 cm³/mol. The van der Waals surface area contributed by atoms with Gasteiger partial charge in [-0.1, -0.05) is 29.8 Å². The zero-order valence-electron chi connectivity index (χ0n) is 16.7. The molecule has 0 amide bonds. The monoisotopic (exact) mass is 456 g/mol. The average Bonchev–Trinajstić information content (AvgIpc) is 2.73. The van der Waals surface area contributed by atoms with Crippen LogP contribution in [0.2, 0.25) is 5.02 Å². The number of benzene rings is 2. The van der Waals surface area contributed by atoms with Crippen molar-refractivity contribution in [3.8, 4) is 0 Å². The number of sulfonamides is 1. The van der Waals surface area contributed by atoms with E-state index in [9.17, 15) is 17.9 Å². The van der Waals surface area contributed by atoms with Gasteiger partial charge in [0.15, 0.2) is 0 Å². The molecule has 9 heteroatoms. The number of rotatable bonds is 8. The number of nitrogens with zero attached hydrogens (tertiary/aromatic N) is 2. The van der Waals surface area contributed by atoms with E-state index >= 15 is 0 Å². The fourth-order valence-electron chi connectivity index (χ4n) is 3.37. The van der Waals surface area contributed by atoms with E-state index in [4.69, 9.17) is 16.3 Å². The summed E-state index contributed by atoms with van der Waals surface area (Å²) < 4.78 is 45.8. The van der Waals surface area contributed by atoms with Crippen molar-refractivity contribution >= 4 is 21.6 Å². The Labute approximate surface area is 181 Å². The molecule has 0 aromatic heterocycles. The highest BCUT2D eigenvalue weighted by atomic mass is 35.5. The van der Waals surface area contributed by atoms with Crippen LogP contribution in [0.3, 0.4) is 0 Å². The molecule has 1 saturated heterocycles. The van der Waals surface area contributed by atoms with Crippen molar-refractivity contribution in [2.75, 3.05) is 39.3 Å². The zero-order valence-corrected chi connectivity index (χ0v) is 18.3. The molecule has 1 fully saturated rings. The van der Waals surface area contributed by atoms with Gasteiger partial charge in [0.2, 0.25) is 10.0 Å². The molecule has 1 heterocycles. The summed E-state index contributed by atoms with van der Waals surface area (Å²) in [5.41, 5.74) is 0.975. The molecule has 0 bridgehead atoms. The number of β-amino-alcohol motifs (C(OH)–C–C–N with tert-alkyl or cyclic N) is 1. The molecule has 30 heavy (non-hydrogen) atoms. The second-order valence-electron chi connectivity index (χ2n) is 7.34. The molecule has 2 aromatic carbocycles. The lowest BCUT2D eigenvalue weighted by molar-refractivity contribution is -0.0186. The summed E-state index contributed by atoms with van der Waals surface area (Å²) in [5, 5.41) is 11.0. The topological polar surface area (TPSA) is 70.1 Å². The Hall–Kier alpha value is -1.55. The van der Waals surface area contributed by atoms with Gasteiger partial charge in [-0.15, -0.1) is 0 Å². The van der Waals surface area contributed by atoms with E-state index in [1.54, 1.807) is 12.1 Å². The predicted octanol–water partition coefficient (Wildman–Crippen LogP) is 2.92. The van der Waals surface area contributed by atoms with E-state index in [1.165, 1.54) is 22.5 Å². The van der Waals surface area contributed by atoms with E-state index in [1.807, 2.05) is 24.0 Å². The number of aliphatic hydroxyl groups excluding tert-OH is 1. The molecule has 3 rings (SSSR count). The number of halogens is 2. The van der Waals surface area contributed by atoms with Crippen molar-refractivity contribution in [2.24, 2.45) is 0 Å². The maximum atomic E-state index is 13.4. The third-order valence-corrected chi connectivity index (χ3v) is 7.26. The third-order valence-electron chi connectivity index (χ3n) is 5.11. The van der Waals surface area contributed by atoms with Crippen LogP contribution in [-0.2, 0) is 14.8 Å². The minimum atomic E-state index is -3.72. The number of hydrogen-bond acceptors (Lipinski definition) is 5. The number of ether oxygens (including phenoxy) is 1. The van der Waals surface area contributed by atoms with Gasteiger partial charge in [0.1, 0.15) is 5.82 Å². The first-order valence-corrected chi connectivity index (χ1v) is 11.6. The average molecular weight is 457 g/mol. The van der Waals surface area contributed by atoms with Crippen molar-refractivity contribution in [1.29, 1.82) is 0 Å². The fraction of sp³-hybridized carbons (Fsp3) is 0.429. The van der Waals surface area contributed by atoms with Crippen LogP contribution in [0.4, 0.5) is 4.39 Å². The molecule has 2 aromatic rings. The van der Waals surface area contributed by atoms with Crippen molar-refractivity contribution < 1.29 is 22.7 Å². The Bertz CT molecular complexity index is 934. The quantitative estimate of drug-likeness (QED) is 0.661. The number of aliphatic hydroxyl groups is 1. The lowest BCUT2D eigenvalue weighted by atomic mass is 10.1. The van der Waals surface area contributed by atoms with Crippen LogP contribution in [0.1, 0.15) is 18.6 Å². The Kier molecular flexibility index (Phi) is 7.84. The lowest BCUT2D eigenvalue weighted by Gasteiger charge is -2.35. The second-order valence-corrected chi connectivity index (χ2v) is 9.72. The molecule has 0 radical (unpaired) electrons. The smallest absolute Gasteiger partial charge is 0.243 e. The molecule has 6 nitrogen and oxygen atoms in total. The maximum Gasteiger partial charge on any atom is 0.243 e. The molecule has 0 unspecified atom stereocenters. The summed E-state index contributed by atoms with van der Waals surface area (Å²) in [6, 6.07) is 12.4. The van der Waals surface area contributed by atoms with Crippen LogP contribution >= 0.6 is 11.6 Å². The van der Waals surface area contributed by atoms with Crippen molar-refractivity contribution in [2.45, 2.75) is 24.0 Å². The van der Waals surface area contributed by atoms with Crippen molar-refractivity contribution in [3.05, 3.63) is 64.9 Å². The summed E-state index contributed by atoms with van der Waals surface area (Å²) in [4.78, 5) is 1.96. The Balaban J connectivity index is 1.45.